The molecule has 0 fully saturated rings. The molecule has 104 valence electrons. The second-order valence-corrected chi connectivity index (χ2v) is 5.59. The van der Waals surface area contributed by atoms with Crippen LogP contribution in [0.5, 0.6) is 0 Å². The lowest BCUT2D eigenvalue weighted by Gasteiger charge is -2.05. The van der Waals surface area contributed by atoms with Crippen LogP contribution in [-0.2, 0) is 12.4 Å². The summed E-state index contributed by atoms with van der Waals surface area (Å²) in [6.07, 6.45) is 0. The van der Waals surface area contributed by atoms with Gasteiger partial charge in [-0.2, -0.15) is 0 Å². The molecule has 4 nitrogen and oxygen atoms in total. The van der Waals surface area contributed by atoms with Crippen molar-refractivity contribution in [2.75, 3.05) is 0 Å². The van der Waals surface area contributed by atoms with Crippen LogP contribution in [0.1, 0.15) is 11.1 Å². The van der Waals surface area contributed by atoms with Gasteiger partial charge in [0.2, 0.25) is 0 Å². The van der Waals surface area contributed by atoms with Gasteiger partial charge in [-0.25, -0.2) is 0 Å². The van der Waals surface area contributed by atoms with Crippen LogP contribution >= 0.6 is 23.4 Å². The van der Waals surface area contributed by atoms with Gasteiger partial charge in [-0.1, -0.05) is 29.8 Å². The lowest BCUT2D eigenvalue weighted by atomic mass is 10.2. The molecule has 0 aliphatic heterocycles. The summed E-state index contributed by atoms with van der Waals surface area (Å²) in [5.41, 5.74) is 1.60. The first-order valence-corrected chi connectivity index (χ1v) is 7.22. The average molecular weight is 310 g/mol. The first-order chi connectivity index (χ1) is 9.60. The quantitative estimate of drug-likeness (QED) is 0.514. The molecule has 0 aliphatic rings. The van der Waals surface area contributed by atoms with Gasteiger partial charge in [0.15, 0.2) is 0 Å². The summed E-state index contributed by atoms with van der Waals surface area (Å²) in [6.45, 7) is -0.205. The van der Waals surface area contributed by atoms with Crippen LogP contribution in [0, 0.1) is 10.1 Å². The van der Waals surface area contributed by atoms with Crippen molar-refractivity contribution < 1.29 is 10.0 Å². The van der Waals surface area contributed by atoms with Gasteiger partial charge < -0.3 is 5.11 Å². The Morgan fingerprint density at radius 3 is 2.40 bits per heavy atom. The minimum absolute atomic E-state index is 0.0236. The summed E-state index contributed by atoms with van der Waals surface area (Å²) in [7, 11) is 0. The zero-order valence-corrected chi connectivity index (χ0v) is 12.0. The Bertz CT molecular complexity index is 616. The molecule has 0 bridgehead atoms. The summed E-state index contributed by atoms with van der Waals surface area (Å²) < 4.78 is 0. The van der Waals surface area contributed by atoms with Crippen LogP contribution < -0.4 is 0 Å². The smallest absolute Gasteiger partial charge is 0.283 e. The lowest BCUT2D eigenvalue weighted by molar-refractivity contribution is -0.387. The van der Waals surface area contributed by atoms with Crippen molar-refractivity contribution in [2.45, 2.75) is 17.3 Å². The van der Waals surface area contributed by atoms with Gasteiger partial charge in [-0.15, -0.1) is 11.8 Å². The number of aliphatic hydroxyl groups excluding tert-OH is 1. The number of nitro benzene ring substituents is 1. The fourth-order valence-electron chi connectivity index (χ4n) is 1.67. The number of hydrogen-bond acceptors (Lipinski definition) is 4. The van der Waals surface area contributed by atoms with Crippen molar-refractivity contribution in [3.05, 3.63) is 68.7 Å². The van der Waals surface area contributed by atoms with Crippen molar-refractivity contribution >= 4 is 29.1 Å². The van der Waals surface area contributed by atoms with Crippen LogP contribution in [-0.4, -0.2) is 10.0 Å². The van der Waals surface area contributed by atoms with E-state index in [1.165, 1.54) is 17.8 Å². The minimum Gasteiger partial charge on any atom is -0.392 e. The summed E-state index contributed by atoms with van der Waals surface area (Å²) in [5.74, 6) is 0.622. The first-order valence-electron chi connectivity index (χ1n) is 5.85. The highest BCUT2D eigenvalue weighted by Crippen LogP contribution is 2.32. The highest BCUT2D eigenvalue weighted by atomic mass is 35.5. The van der Waals surface area contributed by atoms with Gasteiger partial charge in [0.05, 0.1) is 16.4 Å². The van der Waals surface area contributed by atoms with Gasteiger partial charge in [-0.05, 0) is 29.3 Å². The molecule has 0 heterocycles. The number of nitro groups is 1. The maximum Gasteiger partial charge on any atom is 0.283 e. The lowest BCUT2D eigenvalue weighted by Crippen LogP contribution is -1.94. The molecule has 2 aromatic carbocycles. The Labute approximate surface area is 125 Å². The Hall–Kier alpha value is -1.56. The monoisotopic (exact) mass is 309 g/mol. The summed E-state index contributed by atoms with van der Waals surface area (Å²) in [5, 5.41) is 20.7. The third kappa shape index (κ3) is 3.72. The molecule has 0 unspecified atom stereocenters. The highest BCUT2D eigenvalue weighted by molar-refractivity contribution is 7.98. The predicted molar refractivity (Wildman–Crippen MR) is 80.0 cm³/mol. The van der Waals surface area contributed by atoms with Crippen LogP contribution in [0.3, 0.4) is 0 Å². The van der Waals surface area contributed by atoms with Crippen molar-refractivity contribution in [1.29, 1.82) is 0 Å². The van der Waals surface area contributed by atoms with E-state index in [2.05, 4.69) is 0 Å². The van der Waals surface area contributed by atoms with Crippen LogP contribution in [0.15, 0.2) is 47.4 Å². The number of benzene rings is 2. The third-order valence-electron chi connectivity index (χ3n) is 2.71. The SMILES string of the molecule is O=[N+]([O-])c1cc(CO)ccc1SCc1ccc(Cl)cc1. The maximum absolute atomic E-state index is 11.0. The van der Waals surface area contributed by atoms with Gasteiger partial charge in [-0.3, -0.25) is 10.1 Å². The molecule has 0 atom stereocenters. The second-order valence-electron chi connectivity index (χ2n) is 4.13. The van der Waals surface area contributed by atoms with Crippen LogP contribution in [0.25, 0.3) is 0 Å². The van der Waals surface area contributed by atoms with E-state index in [0.717, 1.165) is 5.56 Å². The molecule has 0 aromatic heterocycles. The van der Waals surface area contributed by atoms with Gasteiger partial charge in [0.25, 0.3) is 5.69 Å². The van der Waals surface area contributed by atoms with Crippen molar-refractivity contribution in [1.82, 2.24) is 0 Å². The highest BCUT2D eigenvalue weighted by Gasteiger charge is 2.14. The molecule has 0 aliphatic carbocycles. The summed E-state index contributed by atoms with van der Waals surface area (Å²) in [6, 6.07) is 12.1. The third-order valence-corrected chi connectivity index (χ3v) is 4.10. The van der Waals surface area contributed by atoms with E-state index in [-0.39, 0.29) is 12.3 Å². The van der Waals surface area contributed by atoms with E-state index in [0.29, 0.717) is 21.2 Å². The van der Waals surface area contributed by atoms with Crippen molar-refractivity contribution in [3.8, 4) is 0 Å². The average Bonchev–Trinajstić information content (AvgIpc) is 2.46. The summed E-state index contributed by atoms with van der Waals surface area (Å²) in [4.78, 5) is 11.2. The zero-order chi connectivity index (χ0) is 14.5. The van der Waals surface area contributed by atoms with Gasteiger partial charge in [0.1, 0.15) is 0 Å². The number of nitrogens with zero attached hydrogens (tertiary/aromatic N) is 1. The van der Waals surface area contributed by atoms with Gasteiger partial charge >= 0.3 is 0 Å². The molecule has 2 rings (SSSR count). The Balaban J connectivity index is 2.16. The molecular weight excluding hydrogens is 298 g/mol. The number of thioether (sulfide) groups is 1. The molecule has 0 radical (unpaired) electrons. The van der Waals surface area contributed by atoms with E-state index in [1.54, 1.807) is 24.3 Å². The van der Waals surface area contributed by atoms with Crippen molar-refractivity contribution in [2.24, 2.45) is 0 Å². The van der Waals surface area contributed by atoms with E-state index in [9.17, 15) is 10.1 Å². The molecule has 0 spiro atoms. The van der Waals surface area contributed by atoms with E-state index in [1.807, 2.05) is 12.1 Å². The predicted octanol–water partition coefficient (Wildman–Crippen LogP) is 4.03. The molecule has 20 heavy (non-hydrogen) atoms. The van der Waals surface area contributed by atoms with Gasteiger partial charge in [0, 0.05) is 16.8 Å². The molecule has 0 saturated carbocycles. The molecular formula is C14H12ClNO3S. The maximum atomic E-state index is 11.0. The topological polar surface area (TPSA) is 63.4 Å². The number of aliphatic hydroxyl groups is 1. The Morgan fingerprint density at radius 2 is 1.80 bits per heavy atom. The standard InChI is InChI=1S/C14H12ClNO3S/c15-12-4-1-10(2-5-12)9-20-14-6-3-11(8-17)7-13(14)16(18)19/h1-7,17H,8-9H2. The molecule has 0 amide bonds. The molecule has 6 heteroatoms. The Morgan fingerprint density at radius 1 is 1.15 bits per heavy atom. The molecule has 0 saturated heterocycles. The second kappa shape index (κ2) is 6.74. The summed E-state index contributed by atoms with van der Waals surface area (Å²) >= 11 is 7.20. The first kappa shape index (κ1) is 14.8. The van der Waals surface area contributed by atoms with E-state index >= 15 is 0 Å². The molecule has 1 N–H and O–H groups in total. The zero-order valence-electron chi connectivity index (χ0n) is 10.5. The number of halogens is 1. The fourth-order valence-corrected chi connectivity index (χ4v) is 2.75. The van der Waals surface area contributed by atoms with Crippen LogP contribution in [0.4, 0.5) is 5.69 Å². The van der Waals surface area contributed by atoms with E-state index < -0.39 is 4.92 Å². The normalized spacial score (nSPS) is 10.5. The number of rotatable bonds is 5. The molecule has 2 aromatic rings. The largest absolute Gasteiger partial charge is 0.392 e. The van der Waals surface area contributed by atoms with E-state index in [4.69, 9.17) is 16.7 Å². The van der Waals surface area contributed by atoms with Crippen LogP contribution in [0.2, 0.25) is 5.02 Å². The van der Waals surface area contributed by atoms with Crippen molar-refractivity contribution in [3.63, 3.8) is 0 Å². The minimum atomic E-state index is -0.427. The fraction of sp³-hybridized carbons (Fsp3) is 0.143. The number of hydrogen-bond donors (Lipinski definition) is 1. The Kier molecular flexibility index (Phi) is 5.00.